The SMILES string of the molecule is CC1CCC(C=O)(CCCF)CC1. The van der Waals surface area contributed by atoms with Gasteiger partial charge in [0.1, 0.15) is 6.29 Å². The Kier molecular flexibility index (Phi) is 3.89. The van der Waals surface area contributed by atoms with Crippen LogP contribution in [0, 0.1) is 11.3 Å². The lowest BCUT2D eigenvalue weighted by Gasteiger charge is -2.34. The third-order valence-electron chi connectivity index (χ3n) is 3.33. The predicted octanol–water partition coefficient (Wildman–Crippen LogP) is 3.13. The van der Waals surface area contributed by atoms with Gasteiger partial charge in [0.2, 0.25) is 0 Å². The molecule has 0 aromatic heterocycles. The van der Waals surface area contributed by atoms with Crippen LogP contribution < -0.4 is 0 Å². The van der Waals surface area contributed by atoms with Gasteiger partial charge in [-0.3, -0.25) is 4.39 Å². The Bertz CT molecular complexity index is 154. The van der Waals surface area contributed by atoms with Crippen molar-refractivity contribution < 1.29 is 9.18 Å². The van der Waals surface area contributed by atoms with Crippen molar-refractivity contribution in [2.24, 2.45) is 11.3 Å². The highest BCUT2D eigenvalue weighted by Gasteiger charge is 2.33. The lowest BCUT2D eigenvalue weighted by atomic mass is 9.69. The number of carbonyl (C=O) groups excluding carboxylic acids is 1. The van der Waals surface area contributed by atoms with E-state index in [0.29, 0.717) is 6.42 Å². The molecule has 0 aromatic rings. The third-order valence-corrected chi connectivity index (χ3v) is 3.33. The molecule has 0 aliphatic heterocycles. The maximum Gasteiger partial charge on any atom is 0.126 e. The first-order valence-corrected chi connectivity index (χ1v) is 5.25. The summed E-state index contributed by atoms with van der Waals surface area (Å²) >= 11 is 0. The van der Waals surface area contributed by atoms with Crippen LogP contribution >= 0.6 is 0 Å². The average Bonchev–Trinajstić information content (AvgIpc) is 2.18. The molecule has 0 radical (unpaired) electrons. The van der Waals surface area contributed by atoms with Crippen LogP contribution in [0.1, 0.15) is 45.4 Å². The Hall–Kier alpha value is -0.400. The number of aldehydes is 1. The van der Waals surface area contributed by atoms with Crippen LogP contribution in [0.4, 0.5) is 4.39 Å². The average molecular weight is 186 g/mol. The standard InChI is InChI=1S/C11H19FO/c1-10-3-6-11(9-13,7-4-10)5-2-8-12/h9-10H,2-8H2,1H3. The number of alkyl halides is 1. The summed E-state index contributed by atoms with van der Waals surface area (Å²) in [5, 5.41) is 0. The van der Waals surface area contributed by atoms with E-state index < -0.39 is 0 Å². The number of hydrogen-bond donors (Lipinski definition) is 0. The molecule has 0 atom stereocenters. The second-order valence-electron chi connectivity index (χ2n) is 4.46. The van der Waals surface area contributed by atoms with Crippen molar-refractivity contribution in [3.63, 3.8) is 0 Å². The summed E-state index contributed by atoms with van der Waals surface area (Å²) in [5.41, 5.74) is -0.168. The fraction of sp³-hybridized carbons (Fsp3) is 0.909. The molecule has 0 N–H and O–H groups in total. The molecule has 1 aliphatic carbocycles. The van der Waals surface area contributed by atoms with E-state index >= 15 is 0 Å². The van der Waals surface area contributed by atoms with Crippen molar-refractivity contribution in [1.82, 2.24) is 0 Å². The van der Waals surface area contributed by atoms with Crippen LogP contribution in [-0.2, 0) is 4.79 Å². The Morgan fingerprint density at radius 2 is 2.08 bits per heavy atom. The second kappa shape index (κ2) is 4.73. The van der Waals surface area contributed by atoms with Gasteiger partial charge >= 0.3 is 0 Å². The highest BCUT2D eigenvalue weighted by Crippen LogP contribution is 2.40. The summed E-state index contributed by atoms with van der Waals surface area (Å²) < 4.78 is 12.0. The highest BCUT2D eigenvalue weighted by molar-refractivity contribution is 5.59. The van der Waals surface area contributed by atoms with Gasteiger partial charge in [-0.1, -0.05) is 6.92 Å². The number of halogens is 1. The lowest BCUT2D eigenvalue weighted by Crippen LogP contribution is -2.28. The Labute approximate surface area is 79.7 Å². The van der Waals surface area contributed by atoms with Crippen molar-refractivity contribution in [3.05, 3.63) is 0 Å². The fourth-order valence-corrected chi connectivity index (χ4v) is 2.18. The molecule has 13 heavy (non-hydrogen) atoms. The van der Waals surface area contributed by atoms with Gasteiger partial charge in [0, 0.05) is 5.41 Å². The van der Waals surface area contributed by atoms with Gasteiger partial charge in [0.15, 0.2) is 0 Å². The van der Waals surface area contributed by atoms with Gasteiger partial charge in [-0.25, -0.2) is 0 Å². The molecule has 0 heterocycles. The van der Waals surface area contributed by atoms with E-state index in [4.69, 9.17) is 0 Å². The zero-order valence-corrected chi connectivity index (χ0v) is 8.39. The van der Waals surface area contributed by atoms with Crippen LogP contribution in [-0.4, -0.2) is 13.0 Å². The smallest absolute Gasteiger partial charge is 0.126 e. The van der Waals surface area contributed by atoms with Crippen LogP contribution in [0.2, 0.25) is 0 Å². The van der Waals surface area contributed by atoms with E-state index in [1.54, 1.807) is 0 Å². The van der Waals surface area contributed by atoms with E-state index in [1.807, 2.05) is 0 Å². The largest absolute Gasteiger partial charge is 0.303 e. The zero-order chi connectivity index (χ0) is 9.73. The molecule has 0 saturated heterocycles. The van der Waals surface area contributed by atoms with E-state index in [-0.39, 0.29) is 12.1 Å². The Morgan fingerprint density at radius 3 is 2.54 bits per heavy atom. The van der Waals surface area contributed by atoms with Gasteiger partial charge in [-0.05, 0) is 44.4 Å². The molecule has 0 spiro atoms. The lowest BCUT2D eigenvalue weighted by molar-refractivity contribution is -0.118. The normalized spacial score (nSPS) is 34.5. The first-order chi connectivity index (χ1) is 6.22. The highest BCUT2D eigenvalue weighted by atomic mass is 19.1. The van der Waals surface area contributed by atoms with Gasteiger partial charge in [0.05, 0.1) is 6.67 Å². The summed E-state index contributed by atoms with van der Waals surface area (Å²) in [5.74, 6) is 0.749. The summed E-state index contributed by atoms with van der Waals surface area (Å²) in [6.07, 6.45) is 6.58. The van der Waals surface area contributed by atoms with Gasteiger partial charge in [0.25, 0.3) is 0 Å². The van der Waals surface area contributed by atoms with Crippen LogP contribution in [0.25, 0.3) is 0 Å². The number of carbonyl (C=O) groups is 1. The maximum atomic E-state index is 12.0. The minimum Gasteiger partial charge on any atom is -0.303 e. The molecular formula is C11H19FO. The molecule has 1 rings (SSSR count). The molecule has 2 heteroatoms. The zero-order valence-electron chi connectivity index (χ0n) is 8.39. The van der Waals surface area contributed by atoms with Crippen molar-refractivity contribution >= 4 is 6.29 Å². The maximum absolute atomic E-state index is 12.0. The molecule has 76 valence electrons. The van der Waals surface area contributed by atoms with Crippen LogP contribution in [0.15, 0.2) is 0 Å². The van der Waals surface area contributed by atoms with Gasteiger partial charge < -0.3 is 4.79 Å². The Balaban J connectivity index is 2.45. The minimum absolute atomic E-state index is 0.168. The summed E-state index contributed by atoms with van der Waals surface area (Å²) in [7, 11) is 0. The molecule has 0 unspecified atom stereocenters. The number of rotatable bonds is 4. The van der Waals surface area contributed by atoms with Gasteiger partial charge in [-0.2, -0.15) is 0 Å². The van der Waals surface area contributed by atoms with Crippen molar-refractivity contribution in [1.29, 1.82) is 0 Å². The molecular weight excluding hydrogens is 167 g/mol. The van der Waals surface area contributed by atoms with Crippen molar-refractivity contribution in [2.75, 3.05) is 6.67 Å². The summed E-state index contributed by atoms with van der Waals surface area (Å²) in [6, 6.07) is 0. The summed E-state index contributed by atoms with van der Waals surface area (Å²) in [4.78, 5) is 11.0. The molecule has 0 bridgehead atoms. The van der Waals surface area contributed by atoms with Crippen LogP contribution in [0.3, 0.4) is 0 Å². The first-order valence-electron chi connectivity index (χ1n) is 5.25. The molecule has 1 saturated carbocycles. The number of hydrogen-bond acceptors (Lipinski definition) is 1. The third kappa shape index (κ3) is 2.78. The summed E-state index contributed by atoms with van der Waals surface area (Å²) in [6.45, 7) is 1.94. The topological polar surface area (TPSA) is 17.1 Å². The van der Waals surface area contributed by atoms with E-state index in [9.17, 15) is 9.18 Å². The predicted molar refractivity (Wildman–Crippen MR) is 51.3 cm³/mol. The minimum atomic E-state index is -0.287. The van der Waals surface area contributed by atoms with Crippen molar-refractivity contribution in [3.8, 4) is 0 Å². The van der Waals surface area contributed by atoms with Crippen LogP contribution in [0.5, 0.6) is 0 Å². The molecule has 1 fully saturated rings. The van der Waals surface area contributed by atoms with Gasteiger partial charge in [-0.15, -0.1) is 0 Å². The second-order valence-corrected chi connectivity index (χ2v) is 4.46. The van der Waals surface area contributed by atoms with Crippen molar-refractivity contribution in [2.45, 2.75) is 45.4 Å². The van der Waals surface area contributed by atoms with E-state index in [0.717, 1.165) is 44.3 Å². The molecule has 0 aromatic carbocycles. The molecule has 1 aliphatic rings. The van der Waals surface area contributed by atoms with E-state index in [2.05, 4.69) is 6.92 Å². The molecule has 1 nitrogen and oxygen atoms in total. The Morgan fingerprint density at radius 1 is 1.46 bits per heavy atom. The first kappa shape index (κ1) is 10.7. The fourth-order valence-electron chi connectivity index (χ4n) is 2.18. The molecule has 0 amide bonds. The monoisotopic (exact) mass is 186 g/mol. The quantitative estimate of drug-likeness (QED) is 0.616. The van der Waals surface area contributed by atoms with E-state index in [1.165, 1.54) is 0 Å².